The predicted octanol–water partition coefficient (Wildman–Crippen LogP) is 1.34. The molecule has 2 N–H and O–H groups in total. The van der Waals surface area contributed by atoms with Gasteiger partial charge in [-0.15, -0.1) is 11.8 Å². The van der Waals surface area contributed by atoms with Gasteiger partial charge in [-0.25, -0.2) is 0 Å². The van der Waals surface area contributed by atoms with E-state index in [0.29, 0.717) is 12.3 Å². The Labute approximate surface area is 100 Å². The van der Waals surface area contributed by atoms with Crippen LogP contribution in [0.1, 0.15) is 11.1 Å². The molecule has 0 saturated heterocycles. The average molecular weight is 239 g/mol. The number of rotatable bonds is 6. The maximum absolute atomic E-state index is 11.2. The van der Waals surface area contributed by atoms with E-state index in [9.17, 15) is 4.79 Å². The Morgan fingerprint density at radius 1 is 1.44 bits per heavy atom. The Morgan fingerprint density at radius 3 is 2.88 bits per heavy atom. The van der Waals surface area contributed by atoms with Gasteiger partial charge in [-0.1, -0.05) is 24.3 Å². The zero-order valence-electron chi connectivity index (χ0n) is 9.40. The Hall–Kier alpha value is -1.00. The number of carbonyl (C=O) groups is 1. The van der Waals surface area contributed by atoms with Gasteiger partial charge in [-0.3, -0.25) is 4.79 Å². The molecule has 1 aromatic carbocycles. The SMILES string of the molecule is Cc1ccccc1CSCC(=O)NCCO. The number of aryl methyl sites for hydroxylation is 1. The molecule has 0 unspecified atom stereocenters. The number of aliphatic hydroxyl groups is 1. The predicted molar refractivity (Wildman–Crippen MR) is 67.4 cm³/mol. The van der Waals surface area contributed by atoms with Crippen molar-refractivity contribution in [2.24, 2.45) is 0 Å². The van der Waals surface area contributed by atoms with Crippen molar-refractivity contribution in [1.29, 1.82) is 0 Å². The summed E-state index contributed by atoms with van der Waals surface area (Å²) in [4.78, 5) is 11.2. The minimum absolute atomic E-state index is 0.00575. The summed E-state index contributed by atoms with van der Waals surface area (Å²) in [5.74, 6) is 1.26. The van der Waals surface area contributed by atoms with E-state index >= 15 is 0 Å². The van der Waals surface area contributed by atoms with Gasteiger partial charge in [0.25, 0.3) is 0 Å². The van der Waals surface area contributed by atoms with E-state index in [-0.39, 0.29) is 12.5 Å². The minimum atomic E-state index is -0.0207. The molecular formula is C12H17NO2S. The molecule has 0 aliphatic heterocycles. The van der Waals surface area contributed by atoms with Crippen LogP contribution in [0, 0.1) is 6.92 Å². The smallest absolute Gasteiger partial charge is 0.230 e. The van der Waals surface area contributed by atoms with Gasteiger partial charge in [-0.2, -0.15) is 0 Å². The third kappa shape index (κ3) is 4.68. The molecule has 0 bridgehead atoms. The van der Waals surface area contributed by atoms with Crippen molar-refractivity contribution in [3.05, 3.63) is 35.4 Å². The van der Waals surface area contributed by atoms with Crippen LogP contribution < -0.4 is 5.32 Å². The fourth-order valence-electron chi connectivity index (χ4n) is 1.27. The molecule has 1 amide bonds. The Balaban J connectivity index is 2.25. The first-order valence-electron chi connectivity index (χ1n) is 5.24. The molecule has 0 aliphatic carbocycles. The number of nitrogens with one attached hydrogen (secondary N) is 1. The highest BCUT2D eigenvalue weighted by molar-refractivity contribution is 7.99. The zero-order chi connectivity index (χ0) is 11.8. The van der Waals surface area contributed by atoms with Crippen LogP contribution in [0.3, 0.4) is 0 Å². The van der Waals surface area contributed by atoms with Crippen molar-refractivity contribution in [3.8, 4) is 0 Å². The van der Waals surface area contributed by atoms with E-state index in [1.54, 1.807) is 11.8 Å². The first-order chi connectivity index (χ1) is 7.74. The second-order valence-corrected chi connectivity index (χ2v) is 4.48. The van der Waals surface area contributed by atoms with Gasteiger partial charge in [0.2, 0.25) is 5.91 Å². The highest BCUT2D eigenvalue weighted by Crippen LogP contribution is 2.15. The number of carbonyl (C=O) groups excluding carboxylic acids is 1. The van der Waals surface area contributed by atoms with Gasteiger partial charge < -0.3 is 10.4 Å². The fourth-order valence-corrected chi connectivity index (χ4v) is 2.21. The van der Waals surface area contributed by atoms with E-state index in [2.05, 4.69) is 24.4 Å². The van der Waals surface area contributed by atoms with Crippen LogP contribution in [0.2, 0.25) is 0 Å². The lowest BCUT2D eigenvalue weighted by Crippen LogP contribution is -2.27. The standard InChI is InChI=1S/C12H17NO2S/c1-10-4-2-3-5-11(10)8-16-9-12(15)13-6-7-14/h2-5,14H,6-9H2,1H3,(H,13,15). The molecule has 0 fully saturated rings. The summed E-state index contributed by atoms with van der Waals surface area (Å²) in [7, 11) is 0. The average Bonchev–Trinajstić information content (AvgIpc) is 2.29. The van der Waals surface area contributed by atoms with E-state index in [1.807, 2.05) is 12.1 Å². The van der Waals surface area contributed by atoms with Crippen molar-refractivity contribution < 1.29 is 9.90 Å². The summed E-state index contributed by atoms with van der Waals surface area (Å²) >= 11 is 1.59. The summed E-state index contributed by atoms with van der Waals surface area (Å²) < 4.78 is 0. The van der Waals surface area contributed by atoms with Crippen molar-refractivity contribution in [2.45, 2.75) is 12.7 Å². The molecule has 3 nitrogen and oxygen atoms in total. The molecule has 1 aromatic rings. The van der Waals surface area contributed by atoms with Crippen molar-refractivity contribution in [3.63, 3.8) is 0 Å². The zero-order valence-corrected chi connectivity index (χ0v) is 10.2. The summed E-state index contributed by atoms with van der Waals surface area (Å²) in [5.41, 5.74) is 2.52. The monoisotopic (exact) mass is 239 g/mol. The number of thioether (sulfide) groups is 1. The summed E-state index contributed by atoms with van der Waals surface area (Å²) in [5, 5.41) is 11.2. The molecule has 0 atom stereocenters. The highest BCUT2D eigenvalue weighted by atomic mass is 32.2. The molecule has 16 heavy (non-hydrogen) atoms. The van der Waals surface area contributed by atoms with Crippen LogP contribution in [-0.2, 0) is 10.5 Å². The molecular weight excluding hydrogens is 222 g/mol. The molecule has 0 aromatic heterocycles. The molecule has 0 radical (unpaired) electrons. The molecule has 4 heteroatoms. The van der Waals surface area contributed by atoms with Gasteiger partial charge in [0.05, 0.1) is 12.4 Å². The lowest BCUT2D eigenvalue weighted by atomic mass is 10.1. The minimum Gasteiger partial charge on any atom is -0.395 e. The Bertz CT molecular complexity index is 342. The van der Waals surface area contributed by atoms with Gasteiger partial charge in [0, 0.05) is 12.3 Å². The van der Waals surface area contributed by atoms with Crippen LogP contribution in [0.5, 0.6) is 0 Å². The van der Waals surface area contributed by atoms with Crippen molar-refractivity contribution >= 4 is 17.7 Å². The van der Waals surface area contributed by atoms with E-state index in [1.165, 1.54) is 11.1 Å². The molecule has 0 saturated carbocycles. The number of hydrogen-bond acceptors (Lipinski definition) is 3. The Kier molecular flexibility index (Phi) is 5.96. The maximum Gasteiger partial charge on any atom is 0.230 e. The lowest BCUT2D eigenvalue weighted by molar-refractivity contribution is -0.118. The van der Waals surface area contributed by atoms with Crippen molar-refractivity contribution in [1.82, 2.24) is 5.32 Å². The van der Waals surface area contributed by atoms with Gasteiger partial charge in [0.15, 0.2) is 0 Å². The number of benzene rings is 1. The third-order valence-electron chi connectivity index (χ3n) is 2.19. The van der Waals surface area contributed by atoms with Crippen LogP contribution in [0.15, 0.2) is 24.3 Å². The first-order valence-corrected chi connectivity index (χ1v) is 6.39. The summed E-state index contributed by atoms with van der Waals surface area (Å²) in [6, 6.07) is 8.17. The van der Waals surface area contributed by atoms with Gasteiger partial charge in [0.1, 0.15) is 0 Å². The molecule has 0 aliphatic rings. The van der Waals surface area contributed by atoms with Crippen LogP contribution in [0.25, 0.3) is 0 Å². The van der Waals surface area contributed by atoms with Gasteiger partial charge in [-0.05, 0) is 18.1 Å². The summed E-state index contributed by atoms with van der Waals surface area (Å²) in [6.07, 6.45) is 0. The second-order valence-electron chi connectivity index (χ2n) is 3.49. The van der Waals surface area contributed by atoms with Crippen molar-refractivity contribution in [2.75, 3.05) is 18.9 Å². The molecule has 1 rings (SSSR count). The van der Waals surface area contributed by atoms with E-state index in [4.69, 9.17) is 5.11 Å². The van der Waals surface area contributed by atoms with Crippen LogP contribution >= 0.6 is 11.8 Å². The van der Waals surface area contributed by atoms with Crippen LogP contribution in [0.4, 0.5) is 0 Å². The normalized spacial score (nSPS) is 10.1. The Morgan fingerprint density at radius 2 is 2.19 bits per heavy atom. The molecule has 0 spiro atoms. The van der Waals surface area contributed by atoms with E-state index < -0.39 is 0 Å². The van der Waals surface area contributed by atoms with Gasteiger partial charge >= 0.3 is 0 Å². The highest BCUT2D eigenvalue weighted by Gasteiger charge is 2.02. The second kappa shape index (κ2) is 7.30. The quantitative estimate of drug-likeness (QED) is 0.787. The summed E-state index contributed by atoms with van der Waals surface area (Å²) in [6.45, 7) is 2.40. The third-order valence-corrected chi connectivity index (χ3v) is 3.17. The molecule has 88 valence electrons. The van der Waals surface area contributed by atoms with E-state index in [0.717, 1.165) is 5.75 Å². The number of aliphatic hydroxyl groups excluding tert-OH is 1. The fraction of sp³-hybridized carbons (Fsp3) is 0.417. The number of hydrogen-bond donors (Lipinski definition) is 2. The lowest BCUT2D eigenvalue weighted by Gasteiger charge is -2.05. The maximum atomic E-state index is 11.2. The number of amides is 1. The molecule has 0 heterocycles. The first kappa shape index (κ1) is 13.1. The topological polar surface area (TPSA) is 49.3 Å². The largest absolute Gasteiger partial charge is 0.395 e. The van der Waals surface area contributed by atoms with Crippen LogP contribution in [-0.4, -0.2) is 29.9 Å².